The number of carbonyl (C=O) groups is 2. The summed E-state index contributed by atoms with van der Waals surface area (Å²) < 4.78 is 44.0. The Hall–Kier alpha value is -3.84. The minimum absolute atomic E-state index is 0.0210. The fourth-order valence-corrected chi connectivity index (χ4v) is 5.66. The molecule has 0 radical (unpaired) electrons. The van der Waals surface area contributed by atoms with E-state index in [1.54, 1.807) is 16.3 Å². The van der Waals surface area contributed by atoms with Crippen molar-refractivity contribution in [3.05, 3.63) is 65.9 Å². The van der Waals surface area contributed by atoms with Gasteiger partial charge in [-0.1, -0.05) is 42.1 Å². The predicted octanol–water partition coefficient (Wildman–Crippen LogP) is 4.35. The van der Waals surface area contributed by atoms with Crippen molar-refractivity contribution in [2.75, 3.05) is 19.6 Å². The Morgan fingerprint density at radius 3 is 2.56 bits per heavy atom. The molecule has 1 fully saturated rings. The number of aliphatic carboxylic acids is 1. The van der Waals surface area contributed by atoms with Crippen LogP contribution in [-0.2, 0) is 11.3 Å². The molecule has 13 heteroatoms. The summed E-state index contributed by atoms with van der Waals surface area (Å²) in [6.45, 7) is 1.36. The van der Waals surface area contributed by atoms with Crippen molar-refractivity contribution in [3.63, 3.8) is 0 Å². The van der Waals surface area contributed by atoms with Crippen LogP contribution in [0, 0.1) is 0 Å². The molecule has 1 aliphatic heterocycles. The molecule has 0 bridgehead atoms. The highest BCUT2D eigenvalue weighted by Crippen LogP contribution is 2.32. The number of likely N-dealkylation sites (tertiary alicyclic amines) is 1. The normalized spacial score (nSPS) is 15.1. The van der Waals surface area contributed by atoms with E-state index in [0.717, 1.165) is 35.3 Å². The van der Waals surface area contributed by atoms with Gasteiger partial charge in [0.1, 0.15) is 5.75 Å². The van der Waals surface area contributed by atoms with Gasteiger partial charge >= 0.3 is 12.3 Å². The maximum atomic E-state index is 12.8. The first-order chi connectivity index (χ1) is 18.7. The lowest BCUT2D eigenvalue weighted by Crippen LogP contribution is -2.38. The molecule has 0 spiro atoms. The molecule has 4 aromatic rings. The highest BCUT2D eigenvalue weighted by molar-refractivity contribution is 7.99. The summed E-state index contributed by atoms with van der Waals surface area (Å²) >= 11 is 1.58. The van der Waals surface area contributed by atoms with Gasteiger partial charge in [-0.25, -0.2) is 9.50 Å². The number of halogens is 3. The standard InChI is InChI=1S/C26H24F3N5O4S/c27-26(28,29)38-22-8-4-2-6-19(22)24(37)30-14-16-13-21-18-5-1-3-7-20(18)31-25(34(21)32-16)39-17-9-11-33(12-10-17)15-23(35)36/h1-8,13,17H,9-12,14-15H2,(H,30,37)(H,35,36). The van der Waals surface area contributed by atoms with Gasteiger partial charge in [0.15, 0.2) is 5.16 Å². The van der Waals surface area contributed by atoms with Gasteiger partial charge in [0, 0.05) is 10.6 Å². The van der Waals surface area contributed by atoms with Gasteiger partial charge in [0.25, 0.3) is 5.91 Å². The molecule has 2 aromatic heterocycles. The highest BCUT2D eigenvalue weighted by atomic mass is 32.2. The summed E-state index contributed by atoms with van der Waals surface area (Å²) in [6.07, 6.45) is -3.32. The van der Waals surface area contributed by atoms with Crippen LogP contribution in [0.15, 0.2) is 59.8 Å². The summed E-state index contributed by atoms with van der Waals surface area (Å²) in [5, 5.41) is 18.1. The lowest BCUT2D eigenvalue weighted by molar-refractivity contribution is -0.274. The van der Waals surface area contributed by atoms with Crippen LogP contribution in [0.3, 0.4) is 0 Å². The van der Waals surface area contributed by atoms with Crippen LogP contribution >= 0.6 is 11.8 Å². The number of thioether (sulfide) groups is 1. The minimum atomic E-state index is -4.92. The Morgan fingerprint density at radius 2 is 1.82 bits per heavy atom. The van der Waals surface area contributed by atoms with Crippen molar-refractivity contribution >= 4 is 40.1 Å². The number of carboxylic acid groups (broad SMARTS) is 1. The summed E-state index contributed by atoms with van der Waals surface area (Å²) in [7, 11) is 0. The summed E-state index contributed by atoms with van der Waals surface area (Å²) in [5.41, 5.74) is 1.84. The van der Waals surface area contributed by atoms with Crippen LogP contribution in [0.25, 0.3) is 16.4 Å². The number of aromatic nitrogens is 3. The van der Waals surface area contributed by atoms with Crippen LogP contribution in [-0.4, -0.2) is 67.7 Å². The number of fused-ring (bicyclic) bond motifs is 3. The average molecular weight is 560 g/mol. The van der Waals surface area contributed by atoms with Gasteiger partial charge in [-0.15, -0.1) is 13.2 Å². The van der Waals surface area contributed by atoms with Gasteiger partial charge < -0.3 is 15.2 Å². The molecule has 204 valence electrons. The number of amides is 1. The van der Waals surface area contributed by atoms with Crippen molar-refractivity contribution in [3.8, 4) is 5.75 Å². The maximum Gasteiger partial charge on any atom is 0.573 e. The predicted molar refractivity (Wildman–Crippen MR) is 138 cm³/mol. The van der Waals surface area contributed by atoms with Crippen molar-refractivity contribution in [2.45, 2.75) is 36.2 Å². The first-order valence-electron chi connectivity index (χ1n) is 12.2. The van der Waals surface area contributed by atoms with E-state index in [1.165, 1.54) is 18.2 Å². The van der Waals surface area contributed by atoms with E-state index in [9.17, 15) is 22.8 Å². The number of para-hydroxylation sites is 2. The second-order valence-electron chi connectivity index (χ2n) is 9.06. The van der Waals surface area contributed by atoms with Crippen LogP contribution in [0.2, 0.25) is 0 Å². The number of benzene rings is 2. The molecule has 39 heavy (non-hydrogen) atoms. The first kappa shape index (κ1) is 26.8. The molecule has 1 saturated heterocycles. The van der Waals surface area contributed by atoms with Crippen LogP contribution in [0.4, 0.5) is 13.2 Å². The lowest BCUT2D eigenvalue weighted by Gasteiger charge is -2.30. The van der Waals surface area contributed by atoms with Gasteiger partial charge in [0.2, 0.25) is 0 Å². The van der Waals surface area contributed by atoms with Crippen molar-refractivity contribution < 1.29 is 32.6 Å². The Balaban J connectivity index is 1.36. The van der Waals surface area contributed by atoms with Crippen LogP contribution < -0.4 is 10.1 Å². The molecule has 0 unspecified atom stereocenters. The third kappa shape index (κ3) is 6.42. The molecule has 2 aromatic carbocycles. The molecular weight excluding hydrogens is 535 g/mol. The monoisotopic (exact) mass is 559 g/mol. The Kier molecular flexibility index (Phi) is 7.62. The van der Waals surface area contributed by atoms with E-state index in [-0.39, 0.29) is 23.9 Å². The van der Waals surface area contributed by atoms with E-state index in [0.29, 0.717) is 23.9 Å². The maximum absolute atomic E-state index is 12.8. The van der Waals surface area contributed by atoms with Crippen molar-refractivity contribution in [2.24, 2.45) is 0 Å². The smallest absolute Gasteiger partial charge is 0.480 e. The fraction of sp³-hybridized carbons (Fsp3) is 0.308. The quantitative estimate of drug-likeness (QED) is 0.307. The molecule has 9 nitrogen and oxygen atoms in total. The molecule has 0 atom stereocenters. The Labute approximate surface area is 224 Å². The fourth-order valence-electron chi connectivity index (χ4n) is 4.53. The van der Waals surface area contributed by atoms with E-state index in [2.05, 4.69) is 15.2 Å². The van der Waals surface area contributed by atoms with E-state index in [1.807, 2.05) is 35.2 Å². The number of piperidine rings is 1. The lowest BCUT2D eigenvalue weighted by atomic mass is 10.1. The molecule has 1 aliphatic rings. The Bertz CT molecular complexity index is 1520. The number of carbonyl (C=O) groups excluding carboxylic acids is 1. The molecular formula is C26H24F3N5O4S. The third-order valence-electron chi connectivity index (χ3n) is 6.29. The Morgan fingerprint density at radius 1 is 1.10 bits per heavy atom. The number of hydrogen-bond donors (Lipinski definition) is 2. The molecule has 0 saturated carbocycles. The summed E-state index contributed by atoms with van der Waals surface area (Å²) in [6, 6.07) is 14.6. The number of alkyl halides is 3. The van der Waals surface area contributed by atoms with Gasteiger partial charge in [-0.3, -0.25) is 14.5 Å². The van der Waals surface area contributed by atoms with Gasteiger partial charge in [-0.2, -0.15) is 5.10 Å². The van der Waals surface area contributed by atoms with Crippen molar-refractivity contribution in [1.82, 2.24) is 24.8 Å². The third-order valence-corrected chi connectivity index (χ3v) is 7.57. The second kappa shape index (κ2) is 11.1. The molecule has 2 N–H and O–H groups in total. The number of nitrogens with one attached hydrogen (secondary N) is 1. The SMILES string of the molecule is O=C(O)CN1CCC(Sc2nc3ccccc3c3cc(CNC(=O)c4ccccc4OC(F)(F)F)nn23)CC1. The van der Waals surface area contributed by atoms with Gasteiger partial charge in [-0.05, 0) is 50.2 Å². The molecule has 5 rings (SSSR count). The topological polar surface area (TPSA) is 109 Å². The second-order valence-corrected chi connectivity index (χ2v) is 10.3. The molecule has 1 amide bonds. The minimum Gasteiger partial charge on any atom is -0.480 e. The van der Waals surface area contributed by atoms with Crippen molar-refractivity contribution in [1.29, 1.82) is 0 Å². The first-order valence-corrected chi connectivity index (χ1v) is 13.1. The molecule has 0 aliphatic carbocycles. The van der Waals surface area contributed by atoms with E-state index >= 15 is 0 Å². The van der Waals surface area contributed by atoms with Crippen LogP contribution in [0.5, 0.6) is 5.75 Å². The number of ether oxygens (including phenoxy) is 1. The van der Waals surface area contributed by atoms with Crippen LogP contribution in [0.1, 0.15) is 28.9 Å². The average Bonchev–Trinajstić information content (AvgIpc) is 3.33. The zero-order valence-electron chi connectivity index (χ0n) is 20.5. The number of rotatable bonds is 8. The number of carboxylic acids is 1. The zero-order chi connectivity index (χ0) is 27.6. The van der Waals surface area contributed by atoms with E-state index < -0.39 is 24.0 Å². The summed E-state index contributed by atoms with van der Waals surface area (Å²) in [4.78, 5) is 30.5. The highest BCUT2D eigenvalue weighted by Gasteiger charge is 2.33. The van der Waals surface area contributed by atoms with E-state index in [4.69, 9.17) is 10.1 Å². The number of hydrogen-bond acceptors (Lipinski definition) is 7. The van der Waals surface area contributed by atoms with Gasteiger partial charge in [0.05, 0.1) is 35.4 Å². The summed E-state index contributed by atoms with van der Waals surface area (Å²) in [5.74, 6) is -2.15. The number of nitrogens with zero attached hydrogens (tertiary/aromatic N) is 4. The zero-order valence-corrected chi connectivity index (χ0v) is 21.3. The molecule has 3 heterocycles. The largest absolute Gasteiger partial charge is 0.573 e.